The second kappa shape index (κ2) is 7.59. The lowest BCUT2D eigenvalue weighted by Crippen LogP contribution is -2.07. The molecule has 0 radical (unpaired) electrons. The van der Waals surface area contributed by atoms with Crippen molar-refractivity contribution in [2.75, 3.05) is 7.11 Å². The van der Waals surface area contributed by atoms with E-state index in [0.29, 0.717) is 0 Å². The molecule has 0 unspecified atom stereocenters. The van der Waals surface area contributed by atoms with Crippen LogP contribution >= 0.6 is 0 Å². The van der Waals surface area contributed by atoms with E-state index in [1.165, 1.54) is 33.5 Å². The Morgan fingerprint density at radius 2 is 1.76 bits per heavy atom. The molecule has 144 valence electrons. The van der Waals surface area contributed by atoms with Crippen LogP contribution in [0.15, 0.2) is 79.1 Å². The number of aromatic nitrogens is 2. The summed E-state index contributed by atoms with van der Waals surface area (Å²) in [6.45, 7) is 0.876. The first-order valence-electron chi connectivity index (χ1n) is 10.1. The van der Waals surface area contributed by atoms with Gasteiger partial charge in [-0.1, -0.05) is 42.5 Å². The van der Waals surface area contributed by atoms with E-state index in [1.54, 1.807) is 7.11 Å². The molecule has 2 aromatic carbocycles. The van der Waals surface area contributed by atoms with E-state index >= 15 is 0 Å². The molecular weight excluding hydrogens is 356 g/mol. The van der Waals surface area contributed by atoms with Crippen molar-refractivity contribution in [2.24, 2.45) is 0 Å². The van der Waals surface area contributed by atoms with Crippen LogP contribution in [0.25, 0.3) is 11.1 Å². The standard InChI is InChI=1S/C26H24N2O/c1-29-23-12-13-24-20(15-23)10-11-21-18-28(17-19-7-3-2-4-8-19)25(26(21)24)16-22-9-5-6-14-27-22/h2-9,12-15,18H,10-11,16-17H2,1H3. The molecule has 0 aliphatic heterocycles. The van der Waals surface area contributed by atoms with E-state index in [0.717, 1.165) is 37.3 Å². The number of aryl methyl sites for hydroxylation is 2. The second-order valence-electron chi connectivity index (χ2n) is 7.61. The van der Waals surface area contributed by atoms with E-state index in [9.17, 15) is 0 Å². The molecule has 3 nitrogen and oxygen atoms in total. The quantitative estimate of drug-likeness (QED) is 0.470. The third kappa shape index (κ3) is 3.44. The summed E-state index contributed by atoms with van der Waals surface area (Å²) in [5.41, 5.74) is 9.29. The topological polar surface area (TPSA) is 27.1 Å². The lowest BCUT2D eigenvalue weighted by atomic mass is 9.86. The molecule has 0 amide bonds. The summed E-state index contributed by atoms with van der Waals surface area (Å²) in [7, 11) is 1.73. The Kier molecular flexibility index (Phi) is 4.65. The van der Waals surface area contributed by atoms with E-state index in [1.807, 2.05) is 12.3 Å². The van der Waals surface area contributed by atoms with Gasteiger partial charge in [0.05, 0.1) is 7.11 Å². The molecule has 29 heavy (non-hydrogen) atoms. The van der Waals surface area contributed by atoms with Crippen LogP contribution in [0.4, 0.5) is 0 Å². The average molecular weight is 380 g/mol. The minimum absolute atomic E-state index is 0.828. The van der Waals surface area contributed by atoms with Gasteiger partial charge in [-0.3, -0.25) is 4.98 Å². The van der Waals surface area contributed by atoms with Gasteiger partial charge in [0.25, 0.3) is 0 Å². The number of ether oxygens (including phenoxy) is 1. The Morgan fingerprint density at radius 3 is 2.55 bits per heavy atom. The average Bonchev–Trinajstić information content (AvgIpc) is 3.12. The van der Waals surface area contributed by atoms with Crippen LogP contribution in [0.2, 0.25) is 0 Å². The predicted molar refractivity (Wildman–Crippen MR) is 116 cm³/mol. The molecule has 5 rings (SSSR count). The number of methoxy groups -OCH3 is 1. The molecule has 3 heteroatoms. The first-order valence-corrected chi connectivity index (χ1v) is 10.1. The monoisotopic (exact) mass is 380 g/mol. The van der Waals surface area contributed by atoms with Crippen molar-refractivity contribution in [1.82, 2.24) is 9.55 Å². The second-order valence-corrected chi connectivity index (χ2v) is 7.61. The van der Waals surface area contributed by atoms with Gasteiger partial charge < -0.3 is 9.30 Å². The van der Waals surface area contributed by atoms with Crippen molar-refractivity contribution in [3.05, 3.63) is 107 Å². The van der Waals surface area contributed by atoms with Crippen LogP contribution in [0.3, 0.4) is 0 Å². The van der Waals surface area contributed by atoms with Gasteiger partial charge in [-0.2, -0.15) is 0 Å². The summed E-state index contributed by atoms with van der Waals surface area (Å²) in [5, 5.41) is 0. The summed E-state index contributed by atoms with van der Waals surface area (Å²) in [5.74, 6) is 0.933. The molecule has 0 spiro atoms. The van der Waals surface area contributed by atoms with E-state index in [2.05, 4.69) is 76.4 Å². The molecular formula is C26H24N2O. The normalized spacial score (nSPS) is 12.3. The zero-order chi connectivity index (χ0) is 19.6. The maximum atomic E-state index is 5.46. The van der Waals surface area contributed by atoms with Gasteiger partial charge in [-0.15, -0.1) is 0 Å². The zero-order valence-electron chi connectivity index (χ0n) is 16.6. The minimum atomic E-state index is 0.828. The Hall–Kier alpha value is -3.33. The summed E-state index contributed by atoms with van der Waals surface area (Å²) in [4.78, 5) is 4.60. The van der Waals surface area contributed by atoms with Crippen molar-refractivity contribution >= 4 is 0 Å². The number of hydrogen-bond donors (Lipinski definition) is 0. The van der Waals surface area contributed by atoms with E-state index in [-0.39, 0.29) is 0 Å². The molecule has 0 bridgehead atoms. The summed E-state index contributed by atoms with van der Waals surface area (Å²) in [6.07, 6.45) is 7.18. The largest absolute Gasteiger partial charge is 0.497 e. The first kappa shape index (κ1) is 17.7. The van der Waals surface area contributed by atoms with Crippen LogP contribution < -0.4 is 4.74 Å². The SMILES string of the molecule is COc1ccc2c(c1)CCc1cn(Cc3ccccc3)c(Cc3ccccn3)c1-2. The third-order valence-electron chi connectivity index (χ3n) is 5.78. The predicted octanol–water partition coefficient (Wildman–Crippen LogP) is 5.30. The molecule has 0 atom stereocenters. The van der Waals surface area contributed by atoms with Crippen molar-refractivity contribution < 1.29 is 4.74 Å². The van der Waals surface area contributed by atoms with Gasteiger partial charge in [-0.25, -0.2) is 0 Å². The molecule has 1 aliphatic carbocycles. The van der Waals surface area contributed by atoms with Crippen LogP contribution in [-0.2, 0) is 25.8 Å². The Balaban J connectivity index is 1.64. The first-order chi connectivity index (χ1) is 14.3. The van der Waals surface area contributed by atoms with Gasteiger partial charge in [0, 0.05) is 42.3 Å². The fourth-order valence-corrected chi connectivity index (χ4v) is 4.38. The van der Waals surface area contributed by atoms with Crippen molar-refractivity contribution in [2.45, 2.75) is 25.8 Å². The van der Waals surface area contributed by atoms with Crippen LogP contribution in [0.5, 0.6) is 5.75 Å². The zero-order valence-corrected chi connectivity index (χ0v) is 16.6. The molecule has 0 saturated heterocycles. The van der Waals surface area contributed by atoms with Gasteiger partial charge >= 0.3 is 0 Å². The minimum Gasteiger partial charge on any atom is -0.497 e. The molecule has 2 aromatic heterocycles. The molecule has 0 fully saturated rings. The number of pyridine rings is 1. The number of hydrogen-bond acceptors (Lipinski definition) is 2. The van der Waals surface area contributed by atoms with Gasteiger partial charge in [-0.05, 0) is 59.4 Å². The fourth-order valence-electron chi connectivity index (χ4n) is 4.38. The molecule has 1 aliphatic rings. The summed E-state index contributed by atoms with van der Waals surface area (Å²) < 4.78 is 7.89. The fraction of sp³-hybridized carbons (Fsp3) is 0.192. The third-order valence-corrected chi connectivity index (χ3v) is 5.78. The van der Waals surface area contributed by atoms with Gasteiger partial charge in [0.15, 0.2) is 0 Å². The van der Waals surface area contributed by atoms with E-state index < -0.39 is 0 Å². The van der Waals surface area contributed by atoms with Crippen molar-refractivity contribution in [1.29, 1.82) is 0 Å². The highest BCUT2D eigenvalue weighted by Crippen LogP contribution is 2.39. The molecule has 0 N–H and O–H groups in total. The highest BCUT2D eigenvalue weighted by molar-refractivity contribution is 5.77. The Labute approximate surface area is 171 Å². The summed E-state index contributed by atoms with van der Waals surface area (Å²) >= 11 is 0. The molecule has 0 saturated carbocycles. The van der Waals surface area contributed by atoms with Crippen LogP contribution in [-0.4, -0.2) is 16.7 Å². The summed E-state index contributed by atoms with van der Waals surface area (Å²) in [6, 6.07) is 23.3. The van der Waals surface area contributed by atoms with Crippen molar-refractivity contribution in [3.63, 3.8) is 0 Å². The Bertz CT molecular complexity index is 1130. The smallest absolute Gasteiger partial charge is 0.119 e. The van der Waals surface area contributed by atoms with Gasteiger partial charge in [0.2, 0.25) is 0 Å². The van der Waals surface area contributed by atoms with Crippen molar-refractivity contribution in [3.8, 4) is 16.9 Å². The molecule has 2 heterocycles. The highest BCUT2D eigenvalue weighted by atomic mass is 16.5. The maximum Gasteiger partial charge on any atom is 0.119 e. The lowest BCUT2D eigenvalue weighted by Gasteiger charge is -2.19. The molecule has 4 aromatic rings. The highest BCUT2D eigenvalue weighted by Gasteiger charge is 2.24. The Morgan fingerprint density at radius 1 is 0.931 bits per heavy atom. The lowest BCUT2D eigenvalue weighted by molar-refractivity contribution is 0.414. The number of rotatable bonds is 5. The number of nitrogens with zero attached hydrogens (tertiary/aromatic N) is 2. The number of benzene rings is 2. The van der Waals surface area contributed by atoms with Crippen LogP contribution in [0.1, 0.15) is 28.1 Å². The van der Waals surface area contributed by atoms with Gasteiger partial charge in [0.1, 0.15) is 5.75 Å². The van der Waals surface area contributed by atoms with E-state index in [4.69, 9.17) is 4.74 Å². The van der Waals surface area contributed by atoms with Crippen LogP contribution in [0, 0.1) is 0 Å². The maximum absolute atomic E-state index is 5.46. The number of fused-ring (bicyclic) bond motifs is 3.